The molecule has 3 fully saturated rings. The number of nitrogens with one attached hydrogen (secondary N) is 3. The van der Waals surface area contributed by atoms with Crippen LogP contribution in [0.1, 0.15) is 89.6 Å². The van der Waals surface area contributed by atoms with Crippen LogP contribution in [0, 0.1) is 0 Å². The van der Waals surface area contributed by atoms with Crippen molar-refractivity contribution in [1.82, 2.24) is 35.0 Å². The molecule has 332 valence electrons. The topological polar surface area (TPSA) is 173 Å². The number of ketones is 1. The molecule has 0 aliphatic carbocycles. The summed E-state index contributed by atoms with van der Waals surface area (Å²) in [4.78, 5) is 84.6. The number of nitrogens with zero attached hydrogens (tertiary/aromatic N) is 6. The molecule has 4 aliphatic heterocycles. The van der Waals surface area contributed by atoms with Gasteiger partial charge in [-0.3, -0.25) is 34.2 Å². The number of likely N-dealkylation sites (tertiary alicyclic amines) is 1. The van der Waals surface area contributed by atoms with Crippen LogP contribution in [0.15, 0.2) is 79.3 Å². The number of piperidine rings is 2. The molecule has 1 unspecified atom stereocenters. The Hall–Kier alpha value is -6.32. The summed E-state index contributed by atoms with van der Waals surface area (Å²) in [5.74, 6) is 0.893. The Kier molecular flexibility index (Phi) is 12.9. The molecule has 0 saturated carbocycles. The number of piperazine rings is 1. The SMILES string of the molecule is O=C1CCC(N2Cc3cc(N4CCN(CCCCCCC(=O)N5CCC(Nc6ncnc7[nH]cc(C(=O)c8ccc(Oc9ccccc9)cc8Cl)c67)CC5)CC4)ccc3C2=O)C(=O)N1. The number of amides is 4. The van der Waals surface area contributed by atoms with Gasteiger partial charge in [0, 0.05) is 93.8 Å². The van der Waals surface area contributed by atoms with Gasteiger partial charge in [-0.2, -0.15) is 0 Å². The summed E-state index contributed by atoms with van der Waals surface area (Å²) >= 11 is 6.62. The number of hydrogen-bond acceptors (Lipinski definition) is 11. The molecule has 9 rings (SSSR count). The van der Waals surface area contributed by atoms with Crippen LogP contribution in [-0.2, 0) is 20.9 Å². The van der Waals surface area contributed by atoms with Gasteiger partial charge in [0.1, 0.15) is 35.3 Å². The summed E-state index contributed by atoms with van der Waals surface area (Å²) in [6, 6.07) is 19.8. The smallest absolute Gasteiger partial charge is 0.255 e. The van der Waals surface area contributed by atoms with Gasteiger partial charge in [-0.25, -0.2) is 9.97 Å². The van der Waals surface area contributed by atoms with Crippen molar-refractivity contribution in [3.8, 4) is 11.5 Å². The number of rotatable bonds is 15. The van der Waals surface area contributed by atoms with Gasteiger partial charge in [0.2, 0.25) is 17.7 Å². The maximum atomic E-state index is 13.8. The maximum absolute atomic E-state index is 13.8. The first-order chi connectivity index (χ1) is 31.2. The van der Waals surface area contributed by atoms with E-state index in [-0.39, 0.29) is 41.0 Å². The number of ether oxygens (including phenoxy) is 1. The van der Waals surface area contributed by atoms with Crippen molar-refractivity contribution >= 4 is 63.6 Å². The van der Waals surface area contributed by atoms with Crippen LogP contribution in [0.4, 0.5) is 11.5 Å². The lowest BCUT2D eigenvalue weighted by Gasteiger charge is -2.36. The Balaban J connectivity index is 0.676. The van der Waals surface area contributed by atoms with E-state index in [4.69, 9.17) is 16.3 Å². The van der Waals surface area contributed by atoms with Crippen molar-refractivity contribution in [1.29, 1.82) is 0 Å². The number of fused-ring (bicyclic) bond motifs is 2. The van der Waals surface area contributed by atoms with Crippen LogP contribution < -0.4 is 20.3 Å². The molecule has 15 nitrogen and oxygen atoms in total. The van der Waals surface area contributed by atoms with Crippen molar-refractivity contribution in [2.75, 3.05) is 56.0 Å². The number of H-pyrrole nitrogens is 1. The minimum Gasteiger partial charge on any atom is -0.457 e. The minimum absolute atomic E-state index is 0.0803. The summed E-state index contributed by atoms with van der Waals surface area (Å²) in [6.07, 6.45) is 9.88. The standard InChI is InChI=1S/C48H52ClN9O6/c49-39-27-35(64-34-8-4-3-5-9-34)12-14-37(39)44(61)38-28-50-45-43(38)46(52-30-51-45)53-32-17-20-57(21-18-32)42(60)10-6-1-2-7-19-55-22-24-56(25-23-55)33-11-13-36-31(26-33)29-58(48(36)63)40-15-16-41(59)54-47(40)62/h3-5,8-9,11-14,26-28,30,32,40H,1-2,6-7,10,15-25,29H2,(H,54,59,62)(H2,50,51,52,53). The van der Waals surface area contributed by atoms with Gasteiger partial charge in [0.15, 0.2) is 5.78 Å². The highest BCUT2D eigenvalue weighted by Gasteiger charge is 2.39. The molecule has 0 bridgehead atoms. The van der Waals surface area contributed by atoms with E-state index in [0.717, 1.165) is 82.5 Å². The molecule has 4 aliphatic rings. The van der Waals surface area contributed by atoms with E-state index >= 15 is 0 Å². The molecule has 6 heterocycles. The molecule has 4 amide bonds. The normalized spacial score (nSPS) is 18.4. The lowest BCUT2D eigenvalue weighted by atomic mass is 10.0. The highest BCUT2D eigenvalue weighted by molar-refractivity contribution is 6.35. The fourth-order valence-corrected chi connectivity index (χ4v) is 9.60. The first-order valence-corrected chi connectivity index (χ1v) is 22.7. The summed E-state index contributed by atoms with van der Waals surface area (Å²) in [7, 11) is 0. The summed E-state index contributed by atoms with van der Waals surface area (Å²) in [5, 5.41) is 6.79. The fraction of sp³-hybridized carbons (Fsp3) is 0.396. The summed E-state index contributed by atoms with van der Waals surface area (Å²) in [5.41, 5.74) is 3.96. The molecular formula is C48H52ClN9O6. The predicted molar refractivity (Wildman–Crippen MR) is 243 cm³/mol. The van der Waals surface area contributed by atoms with Crippen molar-refractivity contribution in [3.05, 3.63) is 107 Å². The Morgan fingerprint density at radius 3 is 2.41 bits per heavy atom. The number of carbonyl (C=O) groups is 5. The first kappa shape index (κ1) is 43.0. The second-order valence-electron chi connectivity index (χ2n) is 17.1. The van der Waals surface area contributed by atoms with E-state index < -0.39 is 11.9 Å². The zero-order valence-electron chi connectivity index (χ0n) is 35.7. The van der Waals surface area contributed by atoms with Crippen LogP contribution >= 0.6 is 11.6 Å². The van der Waals surface area contributed by atoms with Gasteiger partial charge in [-0.15, -0.1) is 0 Å². The molecule has 3 aromatic carbocycles. The number of unbranched alkanes of at least 4 members (excludes halogenated alkanes) is 3. The molecule has 0 radical (unpaired) electrons. The second kappa shape index (κ2) is 19.2. The Labute approximate surface area is 376 Å². The average Bonchev–Trinajstić information content (AvgIpc) is 3.89. The number of carbonyl (C=O) groups excluding carboxylic acids is 5. The molecule has 3 N–H and O–H groups in total. The number of hydrogen-bond donors (Lipinski definition) is 3. The van der Waals surface area contributed by atoms with Crippen molar-refractivity contribution < 1.29 is 28.7 Å². The molecular weight excluding hydrogens is 834 g/mol. The van der Waals surface area contributed by atoms with E-state index in [9.17, 15) is 24.0 Å². The number of aromatic amines is 1. The molecule has 5 aromatic rings. The fourth-order valence-electron chi connectivity index (χ4n) is 9.34. The number of para-hydroxylation sites is 1. The minimum atomic E-state index is -0.609. The third kappa shape index (κ3) is 9.46. The molecule has 3 saturated heterocycles. The summed E-state index contributed by atoms with van der Waals surface area (Å²) in [6.45, 7) is 6.46. The quantitative estimate of drug-likeness (QED) is 0.0590. The lowest BCUT2D eigenvalue weighted by Crippen LogP contribution is -2.52. The van der Waals surface area contributed by atoms with Gasteiger partial charge in [-0.05, 0) is 86.7 Å². The van der Waals surface area contributed by atoms with Gasteiger partial charge in [-0.1, -0.05) is 42.6 Å². The van der Waals surface area contributed by atoms with Crippen molar-refractivity contribution in [2.24, 2.45) is 0 Å². The van der Waals surface area contributed by atoms with Gasteiger partial charge in [0.25, 0.3) is 5.91 Å². The predicted octanol–water partition coefficient (Wildman–Crippen LogP) is 6.57. The van der Waals surface area contributed by atoms with E-state index in [2.05, 4.69) is 41.5 Å². The monoisotopic (exact) mass is 885 g/mol. The molecule has 1 atom stereocenters. The van der Waals surface area contributed by atoms with Crippen molar-refractivity contribution in [2.45, 2.75) is 76.4 Å². The Morgan fingerprint density at radius 1 is 0.828 bits per heavy atom. The molecule has 2 aromatic heterocycles. The maximum Gasteiger partial charge on any atom is 0.255 e. The zero-order chi connectivity index (χ0) is 44.2. The molecule has 64 heavy (non-hydrogen) atoms. The first-order valence-electron chi connectivity index (χ1n) is 22.4. The van der Waals surface area contributed by atoms with Gasteiger partial charge in [0.05, 0.1) is 16.0 Å². The van der Waals surface area contributed by atoms with Crippen LogP contribution in [0.25, 0.3) is 11.0 Å². The largest absolute Gasteiger partial charge is 0.457 e. The number of anilines is 2. The van der Waals surface area contributed by atoms with Gasteiger partial charge >= 0.3 is 0 Å². The van der Waals surface area contributed by atoms with Crippen molar-refractivity contribution in [3.63, 3.8) is 0 Å². The van der Waals surface area contributed by atoms with Crippen LogP contribution in [0.2, 0.25) is 5.02 Å². The highest BCUT2D eigenvalue weighted by atomic mass is 35.5. The highest BCUT2D eigenvalue weighted by Crippen LogP contribution is 2.33. The third-order valence-corrected chi connectivity index (χ3v) is 13.2. The number of halogens is 1. The van der Waals surface area contributed by atoms with E-state index in [1.165, 1.54) is 6.33 Å². The third-order valence-electron chi connectivity index (χ3n) is 12.9. The van der Waals surface area contributed by atoms with Crippen LogP contribution in [0.3, 0.4) is 0 Å². The Bertz CT molecular complexity index is 2550. The number of imide groups is 1. The van der Waals surface area contributed by atoms with E-state index in [1.807, 2.05) is 47.4 Å². The number of benzene rings is 3. The molecule has 16 heteroatoms. The van der Waals surface area contributed by atoms with E-state index in [0.29, 0.717) is 77.5 Å². The molecule has 0 spiro atoms. The zero-order valence-corrected chi connectivity index (χ0v) is 36.4. The van der Waals surface area contributed by atoms with Crippen LogP contribution in [-0.4, -0.2) is 117 Å². The van der Waals surface area contributed by atoms with Gasteiger partial charge < -0.3 is 29.7 Å². The number of aromatic nitrogens is 3. The Morgan fingerprint density at radius 2 is 1.62 bits per heavy atom. The summed E-state index contributed by atoms with van der Waals surface area (Å²) < 4.78 is 5.89. The van der Waals surface area contributed by atoms with E-state index in [1.54, 1.807) is 29.3 Å². The second-order valence-corrected chi connectivity index (χ2v) is 17.5. The average molecular weight is 886 g/mol. The van der Waals surface area contributed by atoms with Crippen LogP contribution in [0.5, 0.6) is 11.5 Å². The lowest BCUT2D eigenvalue weighted by molar-refractivity contribution is -0.137.